The summed E-state index contributed by atoms with van der Waals surface area (Å²) in [6.45, 7) is 4.49. The van der Waals surface area contributed by atoms with Crippen LogP contribution in [0.15, 0.2) is 42.9 Å². The Morgan fingerprint density at radius 1 is 1.14 bits per heavy atom. The van der Waals surface area contributed by atoms with Crippen LogP contribution >= 0.6 is 0 Å². The normalized spacial score (nSPS) is 16.8. The first-order valence-electron chi connectivity index (χ1n) is 9.94. The van der Waals surface area contributed by atoms with Gasteiger partial charge in [-0.3, -0.25) is 4.90 Å². The first-order valence-corrected chi connectivity index (χ1v) is 9.94. The van der Waals surface area contributed by atoms with Crippen LogP contribution in [0, 0.1) is 6.92 Å². The summed E-state index contributed by atoms with van der Waals surface area (Å²) >= 11 is 0. The van der Waals surface area contributed by atoms with Gasteiger partial charge in [0.05, 0.1) is 6.10 Å². The Morgan fingerprint density at radius 2 is 2.00 bits per heavy atom. The summed E-state index contributed by atoms with van der Waals surface area (Å²) in [4.78, 5) is 11.3. The van der Waals surface area contributed by atoms with E-state index < -0.39 is 0 Å². The fourth-order valence-electron chi connectivity index (χ4n) is 4.14. The molecule has 0 radical (unpaired) electrons. The van der Waals surface area contributed by atoms with Crippen LogP contribution in [-0.2, 0) is 19.4 Å². The quantitative estimate of drug-likeness (QED) is 0.718. The summed E-state index contributed by atoms with van der Waals surface area (Å²) in [5.74, 6) is 1.45. The van der Waals surface area contributed by atoms with Crippen molar-refractivity contribution in [2.75, 3.05) is 18.4 Å². The monoisotopic (exact) mass is 375 g/mol. The third-order valence-electron chi connectivity index (χ3n) is 5.73. The van der Waals surface area contributed by atoms with Gasteiger partial charge in [-0.05, 0) is 66.6 Å². The molecule has 2 aromatic heterocycles. The van der Waals surface area contributed by atoms with E-state index in [1.165, 1.54) is 35.1 Å². The molecule has 1 aromatic carbocycles. The minimum atomic E-state index is -0.169. The molecule has 2 aliphatic rings. The van der Waals surface area contributed by atoms with E-state index in [1.54, 1.807) is 6.20 Å². The van der Waals surface area contributed by atoms with E-state index in [4.69, 9.17) is 4.98 Å². The first kappa shape index (κ1) is 17.4. The van der Waals surface area contributed by atoms with Gasteiger partial charge < -0.3 is 15.0 Å². The number of aliphatic hydroxyl groups is 1. The molecule has 28 heavy (non-hydrogen) atoms. The van der Waals surface area contributed by atoms with E-state index in [9.17, 15) is 5.11 Å². The molecule has 0 amide bonds. The lowest BCUT2D eigenvalue weighted by Crippen LogP contribution is -2.49. The molecule has 144 valence electrons. The fourth-order valence-corrected chi connectivity index (χ4v) is 4.14. The van der Waals surface area contributed by atoms with Gasteiger partial charge in [-0.1, -0.05) is 6.07 Å². The number of hydrogen-bond acceptors (Lipinski definition) is 5. The van der Waals surface area contributed by atoms with Gasteiger partial charge >= 0.3 is 0 Å². The molecular formula is C22H25N5O. The van der Waals surface area contributed by atoms with Gasteiger partial charge in [0, 0.05) is 43.9 Å². The maximum Gasteiger partial charge on any atom is 0.229 e. The van der Waals surface area contributed by atoms with Crippen LogP contribution in [0.2, 0.25) is 0 Å². The van der Waals surface area contributed by atoms with E-state index >= 15 is 0 Å². The van der Waals surface area contributed by atoms with E-state index in [0.717, 1.165) is 37.6 Å². The number of fused-ring (bicyclic) bond motifs is 1. The maximum absolute atomic E-state index is 9.48. The molecule has 3 aromatic rings. The molecule has 5 rings (SSSR count). The average Bonchev–Trinajstić information content (AvgIpc) is 3.27. The number of nitrogens with zero attached hydrogens (tertiary/aromatic N) is 4. The highest BCUT2D eigenvalue weighted by molar-refractivity contribution is 5.57. The molecule has 0 saturated carbocycles. The van der Waals surface area contributed by atoms with E-state index in [0.29, 0.717) is 5.95 Å². The van der Waals surface area contributed by atoms with Gasteiger partial charge in [-0.15, -0.1) is 0 Å². The van der Waals surface area contributed by atoms with Crippen LogP contribution in [-0.4, -0.2) is 43.7 Å². The molecule has 1 saturated heterocycles. The molecule has 1 aliphatic heterocycles. The second-order valence-electron chi connectivity index (χ2n) is 7.92. The standard InChI is InChI=1S/C22H25N5O/c1-15-10-27(12-18(15)11-26-13-20(28)14-26)21-7-8-23-22(25-21)24-19-6-5-16-3-2-4-17(16)9-19/h5-10,12,20,28H,2-4,11,13-14H2,1H3,(H,23,24,25). The van der Waals surface area contributed by atoms with Crippen molar-refractivity contribution in [3.8, 4) is 5.82 Å². The van der Waals surface area contributed by atoms with Gasteiger partial charge in [-0.2, -0.15) is 4.98 Å². The minimum Gasteiger partial charge on any atom is -0.390 e. The number of aliphatic hydroxyl groups excluding tert-OH is 1. The lowest BCUT2D eigenvalue weighted by Gasteiger charge is -2.35. The zero-order chi connectivity index (χ0) is 19.1. The Kier molecular flexibility index (Phi) is 4.37. The van der Waals surface area contributed by atoms with Gasteiger partial charge in [0.2, 0.25) is 5.95 Å². The molecular weight excluding hydrogens is 350 g/mol. The number of anilines is 2. The predicted octanol–water partition coefficient (Wildman–Crippen LogP) is 2.98. The Bertz CT molecular complexity index is 1010. The average molecular weight is 375 g/mol. The summed E-state index contributed by atoms with van der Waals surface area (Å²) < 4.78 is 2.05. The highest BCUT2D eigenvalue weighted by Crippen LogP contribution is 2.26. The van der Waals surface area contributed by atoms with Crippen molar-refractivity contribution < 1.29 is 5.11 Å². The van der Waals surface area contributed by atoms with Gasteiger partial charge in [-0.25, -0.2) is 4.98 Å². The molecule has 2 N–H and O–H groups in total. The topological polar surface area (TPSA) is 66.2 Å². The Morgan fingerprint density at radius 3 is 2.86 bits per heavy atom. The van der Waals surface area contributed by atoms with Gasteiger partial charge in [0.15, 0.2) is 0 Å². The van der Waals surface area contributed by atoms with E-state index in [2.05, 4.69) is 57.3 Å². The van der Waals surface area contributed by atoms with Crippen molar-refractivity contribution in [2.24, 2.45) is 0 Å². The van der Waals surface area contributed by atoms with Crippen LogP contribution in [0.3, 0.4) is 0 Å². The van der Waals surface area contributed by atoms with Crippen LogP contribution in [0.25, 0.3) is 5.82 Å². The number of nitrogens with one attached hydrogen (secondary N) is 1. The summed E-state index contributed by atoms with van der Waals surface area (Å²) in [6, 6.07) is 8.46. The maximum atomic E-state index is 9.48. The van der Waals surface area contributed by atoms with Gasteiger partial charge in [0.25, 0.3) is 0 Å². The zero-order valence-electron chi connectivity index (χ0n) is 16.1. The number of aromatic nitrogens is 3. The second kappa shape index (κ2) is 7.04. The number of likely N-dealkylation sites (tertiary alicyclic amines) is 1. The Labute approximate surface area is 164 Å². The highest BCUT2D eigenvalue weighted by atomic mass is 16.3. The SMILES string of the molecule is Cc1cn(-c2ccnc(Nc3ccc4c(c3)CCC4)n2)cc1CN1CC(O)C1. The van der Waals surface area contributed by atoms with E-state index in [1.807, 2.05) is 6.07 Å². The third-order valence-corrected chi connectivity index (χ3v) is 5.73. The van der Waals surface area contributed by atoms with Crippen molar-refractivity contribution in [1.29, 1.82) is 0 Å². The highest BCUT2D eigenvalue weighted by Gasteiger charge is 2.24. The first-order chi connectivity index (χ1) is 13.6. The van der Waals surface area contributed by atoms with Crippen molar-refractivity contribution in [2.45, 2.75) is 38.8 Å². The second-order valence-corrected chi connectivity index (χ2v) is 7.92. The smallest absolute Gasteiger partial charge is 0.229 e. The van der Waals surface area contributed by atoms with Gasteiger partial charge in [0.1, 0.15) is 5.82 Å². The number of rotatable bonds is 5. The molecule has 0 spiro atoms. The summed E-state index contributed by atoms with van der Waals surface area (Å²) in [7, 11) is 0. The fraction of sp³-hybridized carbons (Fsp3) is 0.364. The predicted molar refractivity (Wildman–Crippen MR) is 109 cm³/mol. The molecule has 6 heteroatoms. The van der Waals surface area contributed by atoms with Crippen LogP contribution in [0.5, 0.6) is 0 Å². The lowest BCUT2D eigenvalue weighted by molar-refractivity contribution is -0.00295. The molecule has 0 unspecified atom stereocenters. The van der Waals surface area contributed by atoms with Crippen LogP contribution in [0.4, 0.5) is 11.6 Å². The molecule has 0 bridgehead atoms. The molecule has 1 aliphatic carbocycles. The lowest BCUT2D eigenvalue weighted by atomic mass is 10.1. The van der Waals surface area contributed by atoms with E-state index in [-0.39, 0.29) is 6.10 Å². The van der Waals surface area contributed by atoms with Crippen molar-refractivity contribution in [3.05, 3.63) is 65.1 Å². The van der Waals surface area contributed by atoms with Crippen molar-refractivity contribution in [1.82, 2.24) is 19.4 Å². The number of benzene rings is 1. The molecule has 1 fully saturated rings. The third kappa shape index (κ3) is 3.41. The van der Waals surface area contributed by atoms with Crippen LogP contribution in [0.1, 0.15) is 28.7 Å². The minimum absolute atomic E-state index is 0.169. The zero-order valence-corrected chi connectivity index (χ0v) is 16.1. The molecule has 0 atom stereocenters. The van der Waals surface area contributed by atoms with Crippen molar-refractivity contribution >= 4 is 11.6 Å². The van der Waals surface area contributed by atoms with Crippen molar-refractivity contribution in [3.63, 3.8) is 0 Å². The summed E-state index contributed by atoms with van der Waals surface area (Å²) in [5, 5.41) is 12.8. The summed E-state index contributed by atoms with van der Waals surface area (Å²) in [5.41, 5.74) is 6.43. The Hall–Kier alpha value is -2.70. The summed E-state index contributed by atoms with van der Waals surface area (Å²) in [6.07, 6.45) is 9.44. The Balaban J connectivity index is 1.34. The number of β-amino-alcohol motifs (C(OH)–C–C–N with tert-alkyl or cyclic N) is 1. The number of aryl methyl sites for hydroxylation is 3. The molecule has 6 nitrogen and oxygen atoms in total. The number of hydrogen-bond donors (Lipinski definition) is 2. The largest absolute Gasteiger partial charge is 0.390 e. The van der Waals surface area contributed by atoms with Crippen LogP contribution < -0.4 is 5.32 Å². The molecule has 3 heterocycles.